The quantitative estimate of drug-likeness (QED) is 0.544. The second kappa shape index (κ2) is 8.47. The molecule has 29 heavy (non-hydrogen) atoms. The Labute approximate surface area is 179 Å². The minimum absolute atomic E-state index is 0.0892. The van der Waals surface area contributed by atoms with E-state index in [1.165, 1.54) is 24.9 Å². The Morgan fingerprint density at radius 1 is 0.966 bits per heavy atom. The standard InChI is InChI=1S/C22H21Cl2N3O2/c23-17-7-6-16(19(24)13-17)14-27-21(28)20(25-22(27)29)12-15-4-8-18(9-5-15)26-10-2-1-3-11-26/h4-9,12-13H,1-3,10-11,14H2,(H,25,29)/b20-12-. The monoisotopic (exact) mass is 429 g/mol. The van der Waals surface area contributed by atoms with E-state index in [4.69, 9.17) is 23.2 Å². The molecule has 2 aromatic rings. The molecule has 0 aliphatic carbocycles. The predicted octanol–water partition coefficient (Wildman–Crippen LogP) is 5.08. The van der Waals surface area contributed by atoms with Crippen molar-refractivity contribution >= 4 is 46.9 Å². The molecule has 2 aliphatic rings. The SMILES string of the molecule is O=C1N/C(=C\c2ccc(N3CCCCC3)cc2)C(=O)N1Cc1ccc(Cl)cc1Cl. The first kappa shape index (κ1) is 19.8. The number of imide groups is 1. The van der Waals surface area contributed by atoms with E-state index in [2.05, 4.69) is 22.3 Å². The molecule has 2 saturated heterocycles. The molecular weight excluding hydrogens is 409 g/mol. The summed E-state index contributed by atoms with van der Waals surface area (Å²) in [5, 5.41) is 3.57. The molecule has 150 valence electrons. The molecular formula is C22H21Cl2N3O2. The molecule has 7 heteroatoms. The summed E-state index contributed by atoms with van der Waals surface area (Å²) in [6.07, 6.45) is 5.43. The molecule has 0 atom stereocenters. The third-order valence-corrected chi connectivity index (χ3v) is 5.82. The fourth-order valence-corrected chi connectivity index (χ4v) is 4.10. The van der Waals surface area contributed by atoms with E-state index in [1.54, 1.807) is 24.3 Å². The highest BCUT2D eigenvalue weighted by Gasteiger charge is 2.33. The molecule has 2 heterocycles. The topological polar surface area (TPSA) is 52.7 Å². The normalized spacial score (nSPS) is 18.5. The van der Waals surface area contributed by atoms with Crippen molar-refractivity contribution in [1.82, 2.24) is 10.2 Å². The largest absolute Gasteiger partial charge is 0.372 e. The van der Waals surface area contributed by atoms with Gasteiger partial charge in [0, 0.05) is 28.8 Å². The molecule has 0 bridgehead atoms. The highest BCUT2D eigenvalue weighted by atomic mass is 35.5. The van der Waals surface area contributed by atoms with Crippen LogP contribution in [-0.2, 0) is 11.3 Å². The van der Waals surface area contributed by atoms with Crippen molar-refractivity contribution in [3.05, 3.63) is 69.3 Å². The number of anilines is 1. The highest BCUT2D eigenvalue weighted by Crippen LogP contribution is 2.25. The fourth-order valence-electron chi connectivity index (χ4n) is 3.64. The van der Waals surface area contributed by atoms with Crippen molar-refractivity contribution in [2.24, 2.45) is 0 Å². The average molecular weight is 430 g/mol. The molecule has 4 rings (SSSR count). The number of benzene rings is 2. The Bertz CT molecular complexity index is 967. The van der Waals surface area contributed by atoms with Gasteiger partial charge in [0.25, 0.3) is 5.91 Å². The van der Waals surface area contributed by atoms with Gasteiger partial charge in [0.05, 0.1) is 6.54 Å². The first-order valence-corrected chi connectivity index (χ1v) is 10.4. The lowest BCUT2D eigenvalue weighted by Crippen LogP contribution is -2.30. The number of carbonyl (C=O) groups is 2. The van der Waals surface area contributed by atoms with Gasteiger partial charge in [-0.2, -0.15) is 0 Å². The van der Waals surface area contributed by atoms with Crippen LogP contribution in [0.3, 0.4) is 0 Å². The molecule has 0 radical (unpaired) electrons. The van der Waals surface area contributed by atoms with E-state index in [0.717, 1.165) is 23.6 Å². The summed E-state index contributed by atoms with van der Waals surface area (Å²) < 4.78 is 0. The van der Waals surface area contributed by atoms with Crippen LogP contribution < -0.4 is 10.2 Å². The lowest BCUT2D eigenvalue weighted by Gasteiger charge is -2.28. The van der Waals surface area contributed by atoms with Crippen molar-refractivity contribution in [3.63, 3.8) is 0 Å². The van der Waals surface area contributed by atoms with Crippen LogP contribution in [0.2, 0.25) is 10.0 Å². The second-order valence-electron chi connectivity index (χ2n) is 7.25. The molecule has 0 aromatic heterocycles. The van der Waals surface area contributed by atoms with Gasteiger partial charge in [-0.25, -0.2) is 4.79 Å². The van der Waals surface area contributed by atoms with Crippen LogP contribution in [0.5, 0.6) is 0 Å². The molecule has 2 fully saturated rings. The van der Waals surface area contributed by atoms with E-state index in [-0.39, 0.29) is 18.1 Å². The second-order valence-corrected chi connectivity index (χ2v) is 8.10. The summed E-state index contributed by atoms with van der Waals surface area (Å²) in [5.41, 5.74) is 2.96. The van der Waals surface area contributed by atoms with Gasteiger partial charge >= 0.3 is 6.03 Å². The number of halogens is 2. The summed E-state index contributed by atoms with van der Waals surface area (Å²) in [6, 6.07) is 12.6. The minimum atomic E-state index is -0.461. The van der Waals surface area contributed by atoms with Gasteiger partial charge in [-0.1, -0.05) is 41.4 Å². The van der Waals surface area contributed by atoms with Crippen LogP contribution in [0.25, 0.3) is 6.08 Å². The summed E-state index contributed by atoms with van der Waals surface area (Å²) in [7, 11) is 0. The first-order chi connectivity index (χ1) is 14.0. The van der Waals surface area contributed by atoms with Gasteiger partial charge < -0.3 is 10.2 Å². The number of carbonyl (C=O) groups excluding carboxylic acids is 2. The van der Waals surface area contributed by atoms with Crippen molar-refractivity contribution < 1.29 is 9.59 Å². The van der Waals surface area contributed by atoms with Crippen LogP contribution >= 0.6 is 23.2 Å². The average Bonchev–Trinajstić information content (AvgIpc) is 2.98. The summed E-state index contributed by atoms with van der Waals surface area (Å²) >= 11 is 12.1. The zero-order chi connectivity index (χ0) is 20.4. The summed E-state index contributed by atoms with van der Waals surface area (Å²) in [6.45, 7) is 2.25. The van der Waals surface area contributed by atoms with Crippen molar-refractivity contribution in [2.45, 2.75) is 25.8 Å². The van der Waals surface area contributed by atoms with E-state index in [1.807, 2.05) is 12.1 Å². The van der Waals surface area contributed by atoms with Gasteiger partial charge in [0.15, 0.2) is 0 Å². The minimum Gasteiger partial charge on any atom is -0.372 e. The van der Waals surface area contributed by atoms with E-state index >= 15 is 0 Å². The Morgan fingerprint density at radius 3 is 2.38 bits per heavy atom. The number of hydrogen-bond acceptors (Lipinski definition) is 3. The van der Waals surface area contributed by atoms with Crippen LogP contribution in [0.15, 0.2) is 48.2 Å². The fraction of sp³-hybridized carbons (Fsp3) is 0.273. The number of urea groups is 1. The maximum Gasteiger partial charge on any atom is 0.329 e. The van der Waals surface area contributed by atoms with Crippen molar-refractivity contribution in [3.8, 4) is 0 Å². The number of nitrogens with one attached hydrogen (secondary N) is 1. The zero-order valence-electron chi connectivity index (χ0n) is 15.8. The Balaban J connectivity index is 1.48. The summed E-state index contributed by atoms with van der Waals surface area (Å²) in [4.78, 5) is 28.5. The van der Waals surface area contributed by atoms with Crippen molar-refractivity contribution in [2.75, 3.05) is 18.0 Å². The number of piperidine rings is 1. The first-order valence-electron chi connectivity index (χ1n) is 9.65. The van der Waals surface area contributed by atoms with Crippen LogP contribution in [0.1, 0.15) is 30.4 Å². The Morgan fingerprint density at radius 2 is 1.69 bits per heavy atom. The van der Waals surface area contributed by atoms with Gasteiger partial charge in [-0.3, -0.25) is 9.69 Å². The Kier molecular flexibility index (Phi) is 5.79. The third-order valence-electron chi connectivity index (χ3n) is 5.23. The molecule has 2 aliphatic heterocycles. The van der Waals surface area contributed by atoms with Gasteiger partial charge in [0.1, 0.15) is 5.70 Å². The summed E-state index contributed by atoms with van der Waals surface area (Å²) in [5.74, 6) is -0.374. The van der Waals surface area contributed by atoms with E-state index in [9.17, 15) is 9.59 Å². The molecule has 0 spiro atoms. The Hall–Kier alpha value is -2.50. The highest BCUT2D eigenvalue weighted by molar-refractivity contribution is 6.35. The van der Waals surface area contributed by atoms with Gasteiger partial charge in [-0.15, -0.1) is 0 Å². The van der Waals surface area contributed by atoms with Crippen molar-refractivity contribution in [1.29, 1.82) is 0 Å². The predicted molar refractivity (Wildman–Crippen MR) is 116 cm³/mol. The maximum absolute atomic E-state index is 12.7. The maximum atomic E-state index is 12.7. The lowest BCUT2D eigenvalue weighted by molar-refractivity contribution is -0.123. The number of nitrogens with zero attached hydrogens (tertiary/aromatic N) is 2. The molecule has 3 amide bonds. The molecule has 5 nitrogen and oxygen atoms in total. The van der Waals surface area contributed by atoms with Gasteiger partial charge in [-0.05, 0) is 60.7 Å². The van der Waals surface area contributed by atoms with Crippen LogP contribution in [0, 0.1) is 0 Å². The smallest absolute Gasteiger partial charge is 0.329 e. The number of hydrogen-bond donors (Lipinski definition) is 1. The van der Waals surface area contributed by atoms with Crippen LogP contribution in [-0.4, -0.2) is 29.9 Å². The number of rotatable bonds is 4. The number of amides is 3. The zero-order valence-corrected chi connectivity index (χ0v) is 17.3. The van der Waals surface area contributed by atoms with Crippen LogP contribution in [0.4, 0.5) is 10.5 Å². The molecule has 2 aromatic carbocycles. The molecule has 0 unspecified atom stereocenters. The van der Waals surface area contributed by atoms with E-state index < -0.39 is 6.03 Å². The third kappa shape index (κ3) is 4.41. The molecule has 0 saturated carbocycles. The lowest BCUT2D eigenvalue weighted by atomic mass is 10.1. The molecule has 1 N–H and O–H groups in total. The van der Waals surface area contributed by atoms with E-state index in [0.29, 0.717) is 15.6 Å². The van der Waals surface area contributed by atoms with Gasteiger partial charge in [0.2, 0.25) is 0 Å².